The van der Waals surface area contributed by atoms with E-state index in [-0.39, 0.29) is 5.54 Å². The van der Waals surface area contributed by atoms with E-state index >= 15 is 0 Å². The normalized spacial score (nSPS) is 14.7. The summed E-state index contributed by atoms with van der Waals surface area (Å²) >= 11 is 0. The molecule has 0 aliphatic carbocycles. The number of ether oxygens (including phenoxy) is 1. The fraction of sp³-hybridized carbons (Fsp3) is 0.643. The quantitative estimate of drug-likeness (QED) is 0.763. The molecule has 18 heavy (non-hydrogen) atoms. The number of hydrogen-bond donors (Lipinski definition) is 1. The summed E-state index contributed by atoms with van der Waals surface area (Å²) in [4.78, 5) is 6.75. The van der Waals surface area contributed by atoms with E-state index in [9.17, 15) is 0 Å². The molecule has 0 aliphatic rings. The van der Waals surface area contributed by atoms with E-state index in [1.54, 1.807) is 7.11 Å². The lowest BCUT2D eigenvalue weighted by molar-refractivity contribution is 0.0656. The molecule has 0 saturated heterocycles. The van der Waals surface area contributed by atoms with Crippen LogP contribution in [0.5, 0.6) is 0 Å². The number of methoxy groups -OCH3 is 1. The second-order valence-corrected chi connectivity index (χ2v) is 4.78. The van der Waals surface area contributed by atoms with E-state index in [1.807, 2.05) is 18.3 Å². The molecule has 1 aromatic heterocycles. The number of likely N-dealkylation sites (N-methyl/N-ethyl adjacent to an activating group) is 1. The largest absolute Gasteiger partial charge is 0.385 e. The predicted octanol–water partition coefficient (Wildman–Crippen LogP) is 1.66. The Morgan fingerprint density at radius 3 is 2.72 bits per heavy atom. The van der Waals surface area contributed by atoms with Crippen LogP contribution in [0.4, 0.5) is 0 Å². The summed E-state index contributed by atoms with van der Waals surface area (Å²) < 4.78 is 5.19. The van der Waals surface area contributed by atoms with E-state index in [1.165, 1.54) is 0 Å². The topological polar surface area (TPSA) is 51.4 Å². The standard InChI is InChI=1S/C14H25N3O/c1-4-17(11-13-7-5-6-9-16-13)14(2,12-15)8-10-18-3/h5-7,9H,4,8,10-12,15H2,1-3H3. The average molecular weight is 251 g/mol. The van der Waals surface area contributed by atoms with Crippen molar-refractivity contribution in [3.8, 4) is 0 Å². The molecule has 0 radical (unpaired) electrons. The van der Waals surface area contributed by atoms with Crippen molar-refractivity contribution in [2.24, 2.45) is 5.73 Å². The molecule has 2 N–H and O–H groups in total. The molecule has 0 fully saturated rings. The predicted molar refractivity (Wildman–Crippen MR) is 74.3 cm³/mol. The number of hydrogen-bond acceptors (Lipinski definition) is 4. The molecule has 0 spiro atoms. The molecule has 1 unspecified atom stereocenters. The zero-order chi connectivity index (χ0) is 13.4. The minimum atomic E-state index is -0.0394. The Morgan fingerprint density at radius 1 is 1.44 bits per heavy atom. The van der Waals surface area contributed by atoms with Gasteiger partial charge in [0, 0.05) is 38.5 Å². The Morgan fingerprint density at radius 2 is 2.22 bits per heavy atom. The lowest BCUT2D eigenvalue weighted by Gasteiger charge is -2.40. The zero-order valence-electron chi connectivity index (χ0n) is 11.7. The highest BCUT2D eigenvalue weighted by molar-refractivity contribution is 5.04. The SMILES string of the molecule is CCN(Cc1ccccn1)C(C)(CN)CCOC. The Hall–Kier alpha value is -0.970. The van der Waals surface area contributed by atoms with E-state index in [2.05, 4.69) is 29.8 Å². The van der Waals surface area contributed by atoms with Gasteiger partial charge in [-0.05, 0) is 32.0 Å². The van der Waals surface area contributed by atoms with Crippen LogP contribution in [0.3, 0.4) is 0 Å². The molecule has 1 rings (SSSR count). The summed E-state index contributed by atoms with van der Waals surface area (Å²) in [7, 11) is 1.73. The zero-order valence-corrected chi connectivity index (χ0v) is 11.7. The molecular formula is C14H25N3O. The molecule has 1 atom stereocenters. The van der Waals surface area contributed by atoms with Crippen LogP contribution in [-0.2, 0) is 11.3 Å². The smallest absolute Gasteiger partial charge is 0.0544 e. The van der Waals surface area contributed by atoms with Gasteiger partial charge < -0.3 is 10.5 Å². The summed E-state index contributed by atoms with van der Waals surface area (Å²) in [5.41, 5.74) is 7.00. The molecular weight excluding hydrogens is 226 g/mol. The number of aromatic nitrogens is 1. The lowest BCUT2D eigenvalue weighted by atomic mass is 9.95. The summed E-state index contributed by atoms with van der Waals surface area (Å²) in [6, 6.07) is 6.01. The number of nitrogens with two attached hydrogens (primary N) is 1. The maximum absolute atomic E-state index is 5.96. The van der Waals surface area contributed by atoms with Gasteiger partial charge in [0.05, 0.1) is 5.69 Å². The van der Waals surface area contributed by atoms with Gasteiger partial charge in [0.25, 0.3) is 0 Å². The Kier molecular flexibility index (Phi) is 6.25. The van der Waals surface area contributed by atoms with Crippen LogP contribution in [0.25, 0.3) is 0 Å². The molecule has 0 saturated carbocycles. The van der Waals surface area contributed by atoms with Gasteiger partial charge in [0.2, 0.25) is 0 Å². The number of rotatable bonds is 8. The van der Waals surface area contributed by atoms with Crippen molar-refractivity contribution in [3.05, 3.63) is 30.1 Å². The molecule has 0 aromatic carbocycles. The second kappa shape index (κ2) is 7.46. The molecule has 0 bridgehead atoms. The van der Waals surface area contributed by atoms with E-state index in [0.29, 0.717) is 6.54 Å². The van der Waals surface area contributed by atoms with Crippen molar-refractivity contribution < 1.29 is 4.74 Å². The van der Waals surface area contributed by atoms with Crippen molar-refractivity contribution in [2.45, 2.75) is 32.4 Å². The molecule has 102 valence electrons. The molecule has 4 nitrogen and oxygen atoms in total. The van der Waals surface area contributed by atoms with Gasteiger partial charge in [-0.1, -0.05) is 13.0 Å². The molecule has 1 heterocycles. The highest BCUT2D eigenvalue weighted by Gasteiger charge is 2.29. The van der Waals surface area contributed by atoms with Gasteiger partial charge in [-0.2, -0.15) is 0 Å². The first-order chi connectivity index (χ1) is 8.66. The first-order valence-corrected chi connectivity index (χ1v) is 6.50. The van der Waals surface area contributed by atoms with E-state index in [0.717, 1.165) is 31.8 Å². The highest BCUT2D eigenvalue weighted by Crippen LogP contribution is 2.20. The Bertz CT molecular complexity index is 331. The van der Waals surface area contributed by atoms with Gasteiger partial charge in [-0.15, -0.1) is 0 Å². The van der Waals surface area contributed by atoms with Gasteiger partial charge in [-0.25, -0.2) is 0 Å². The van der Waals surface area contributed by atoms with Gasteiger partial charge in [0.1, 0.15) is 0 Å². The summed E-state index contributed by atoms with van der Waals surface area (Å²) in [6.45, 7) is 7.48. The minimum absolute atomic E-state index is 0.0394. The maximum atomic E-state index is 5.96. The van der Waals surface area contributed by atoms with Crippen LogP contribution in [0.2, 0.25) is 0 Å². The van der Waals surface area contributed by atoms with Gasteiger partial charge in [0.15, 0.2) is 0 Å². The lowest BCUT2D eigenvalue weighted by Crippen LogP contribution is -2.51. The number of nitrogens with zero attached hydrogens (tertiary/aromatic N) is 2. The van der Waals surface area contributed by atoms with Crippen LogP contribution in [0, 0.1) is 0 Å². The van der Waals surface area contributed by atoms with Crippen LogP contribution in [-0.4, -0.2) is 42.2 Å². The average Bonchev–Trinajstić information content (AvgIpc) is 2.43. The van der Waals surface area contributed by atoms with Crippen LogP contribution in [0.15, 0.2) is 24.4 Å². The van der Waals surface area contributed by atoms with Crippen molar-refractivity contribution >= 4 is 0 Å². The molecule has 0 aliphatic heterocycles. The van der Waals surface area contributed by atoms with Crippen LogP contribution < -0.4 is 5.73 Å². The first kappa shape index (κ1) is 15.1. The third-order valence-electron chi connectivity index (χ3n) is 3.51. The van der Waals surface area contributed by atoms with Crippen molar-refractivity contribution in [1.82, 2.24) is 9.88 Å². The third-order valence-corrected chi connectivity index (χ3v) is 3.51. The molecule has 1 aromatic rings. The Balaban J connectivity index is 2.73. The number of pyridine rings is 1. The fourth-order valence-corrected chi connectivity index (χ4v) is 2.08. The van der Waals surface area contributed by atoms with Gasteiger partial charge in [-0.3, -0.25) is 9.88 Å². The fourth-order valence-electron chi connectivity index (χ4n) is 2.08. The second-order valence-electron chi connectivity index (χ2n) is 4.78. The van der Waals surface area contributed by atoms with Gasteiger partial charge >= 0.3 is 0 Å². The molecule has 0 amide bonds. The van der Waals surface area contributed by atoms with E-state index in [4.69, 9.17) is 10.5 Å². The molecule has 4 heteroatoms. The van der Waals surface area contributed by atoms with E-state index < -0.39 is 0 Å². The summed E-state index contributed by atoms with van der Waals surface area (Å²) in [5.74, 6) is 0. The highest BCUT2D eigenvalue weighted by atomic mass is 16.5. The summed E-state index contributed by atoms with van der Waals surface area (Å²) in [6.07, 6.45) is 2.76. The van der Waals surface area contributed by atoms with Crippen molar-refractivity contribution in [2.75, 3.05) is 26.8 Å². The van der Waals surface area contributed by atoms with Crippen LogP contribution in [0.1, 0.15) is 26.0 Å². The van der Waals surface area contributed by atoms with Crippen molar-refractivity contribution in [3.63, 3.8) is 0 Å². The first-order valence-electron chi connectivity index (χ1n) is 6.50. The minimum Gasteiger partial charge on any atom is -0.385 e. The van der Waals surface area contributed by atoms with Crippen molar-refractivity contribution in [1.29, 1.82) is 0 Å². The summed E-state index contributed by atoms with van der Waals surface area (Å²) in [5, 5.41) is 0. The maximum Gasteiger partial charge on any atom is 0.0544 e. The Labute approximate surface area is 110 Å². The van der Waals surface area contributed by atoms with Crippen LogP contribution >= 0.6 is 0 Å². The third kappa shape index (κ3) is 4.05. The monoisotopic (exact) mass is 251 g/mol.